The lowest BCUT2D eigenvalue weighted by atomic mass is 9.75. The van der Waals surface area contributed by atoms with Gasteiger partial charge in [0.1, 0.15) is 5.54 Å². The van der Waals surface area contributed by atoms with Gasteiger partial charge in [-0.3, -0.25) is 4.79 Å². The maximum Gasteiger partial charge on any atom is 0.411 e. The summed E-state index contributed by atoms with van der Waals surface area (Å²) < 4.78 is 39.9. The van der Waals surface area contributed by atoms with Crippen molar-refractivity contribution >= 4 is 5.91 Å². The summed E-state index contributed by atoms with van der Waals surface area (Å²) in [5, 5.41) is 0. The summed E-state index contributed by atoms with van der Waals surface area (Å²) in [4.78, 5) is 13.0. The summed E-state index contributed by atoms with van der Waals surface area (Å²) in [6, 6.07) is 0. The van der Waals surface area contributed by atoms with Gasteiger partial charge in [0.25, 0.3) is 0 Å². The van der Waals surface area contributed by atoms with Crippen molar-refractivity contribution in [2.45, 2.75) is 51.2 Å². The van der Waals surface area contributed by atoms with E-state index in [0.29, 0.717) is 6.42 Å². The largest absolute Gasteiger partial charge is 0.411 e. The van der Waals surface area contributed by atoms with Crippen LogP contribution in [0, 0.1) is 11.8 Å². The molecule has 0 aromatic heterocycles. The molecule has 2 aliphatic rings. The third-order valence-corrected chi connectivity index (χ3v) is 4.30. The molecular formula is C12H18F3NO. The van der Waals surface area contributed by atoms with Gasteiger partial charge in [0.05, 0.1) is 0 Å². The van der Waals surface area contributed by atoms with Crippen LogP contribution in [0.5, 0.6) is 0 Å². The van der Waals surface area contributed by atoms with Gasteiger partial charge in [0.2, 0.25) is 5.91 Å². The summed E-state index contributed by atoms with van der Waals surface area (Å²) >= 11 is 0. The van der Waals surface area contributed by atoms with Crippen molar-refractivity contribution < 1.29 is 18.0 Å². The van der Waals surface area contributed by atoms with Crippen LogP contribution in [0.3, 0.4) is 0 Å². The van der Waals surface area contributed by atoms with Crippen molar-refractivity contribution in [1.82, 2.24) is 4.90 Å². The molecule has 0 bridgehead atoms. The molecule has 0 unspecified atom stereocenters. The van der Waals surface area contributed by atoms with Crippen molar-refractivity contribution in [2.24, 2.45) is 11.8 Å². The van der Waals surface area contributed by atoms with Crippen LogP contribution in [0.25, 0.3) is 0 Å². The summed E-state index contributed by atoms with van der Waals surface area (Å²) in [5.41, 5.74) is -1.86. The minimum atomic E-state index is -4.30. The van der Waals surface area contributed by atoms with Crippen LogP contribution in [-0.2, 0) is 4.79 Å². The van der Waals surface area contributed by atoms with Crippen LogP contribution in [0.1, 0.15) is 39.5 Å². The lowest BCUT2D eigenvalue weighted by Gasteiger charge is -2.47. The van der Waals surface area contributed by atoms with E-state index in [4.69, 9.17) is 0 Å². The van der Waals surface area contributed by atoms with E-state index in [9.17, 15) is 18.0 Å². The standard InChI is InChI=1S/C12H18F3NO/c1-8(2)9-6-10(17)16-5-3-4-11(16,7-9)12(13,14)15/h8-9H,3-7H2,1-2H3/t9-,11-/m1/s1. The normalized spacial score (nSPS) is 34.4. The van der Waals surface area contributed by atoms with Crippen molar-refractivity contribution in [2.75, 3.05) is 6.54 Å². The fraction of sp³-hybridized carbons (Fsp3) is 0.917. The summed E-state index contributed by atoms with van der Waals surface area (Å²) in [6.07, 6.45) is -3.40. The molecule has 0 aliphatic carbocycles. The highest BCUT2D eigenvalue weighted by Gasteiger charge is 2.64. The Hall–Kier alpha value is -0.740. The Bertz CT molecular complexity index is 326. The van der Waals surface area contributed by atoms with Crippen molar-refractivity contribution in [3.05, 3.63) is 0 Å². The first-order valence-corrected chi connectivity index (χ1v) is 6.15. The van der Waals surface area contributed by atoms with Crippen LogP contribution in [-0.4, -0.2) is 29.1 Å². The van der Waals surface area contributed by atoms with E-state index in [1.165, 1.54) is 0 Å². The zero-order valence-electron chi connectivity index (χ0n) is 10.2. The number of nitrogens with zero attached hydrogens (tertiary/aromatic N) is 1. The topological polar surface area (TPSA) is 20.3 Å². The number of rotatable bonds is 1. The molecule has 2 atom stereocenters. The van der Waals surface area contributed by atoms with Gasteiger partial charge in [-0.25, -0.2) is 0 Å². The molecule has 0 aromatic carbocycles. The molecule has 2 heterocycles. The van der Waals surface area contributed by atoms with E-state index in [1.54, 1.807) is 0 Å². The van der Waals surface area contributed by atoms with Crippen LogP contribution in [0.4, 0.5) is 13.2 Å². The van der Waals surface area contributed by atoms with Gasteiger partial charge in [0.15, 0.2) is 0 Å². The minimum absolute atomic E-state index is 0.0749. The Morgan fingerprint density at radius 1 is 1.41 bits per heavy atom. The first-order chi connectivity index (χ1) is 7.78. The van der Waals surface area contributed by atoms with Gasteiger partial charge in [-0.1, -0.05) is 13.8 Å². The molecule has 2 rings (SSSR count). The Balaban J connectivity index is 2.35. The summed E-state index contributed by atoms with van der Waals surface area (Å²) in [6.45, 7) is 4.06. The molecular weight excluding hydrogens is 231 g/mol. The first kappa shape index (κ1) is 12.7. The average Bonchev–Trinajstić information content (AvgIpc) is 2.61. The number of halogens is 3. The third-order valence-electron chi connectivity index (χ3n) is 4.30. The quantitative estimate of drug-likeness (QED) is 0.699. The van der Waals surface area contributed by atoms with Gasteiger partial charge in [-0.05, 0) is 31.1 Å². The Morgan fingerprint density at radius 2 is 2.06 bits per heavy atom. The molecule has 2 fully saturated rings. The van der Waals surface area contributed by atoms with E-state index < -0.39 is 11.7 Å². The molecule has 5 heteroatoms. The lowest BCUT2D eigenvalue weighted by Crippen LogP contribution is -2.61. The second kappa shape index (κ2) is 3.89. The molecule has 2 saturated heterocycles. The number of hydrogen-bond acceptors (Lipinski definition) is 1. The molecule has 2 aliphatic heterocycles. The first-order valence-electron chi connectivity index (χ1n) is 6.15. The highest BCUT2D eigenvalue weighted by atomic mass is 19.4. The number of alkyl halides is 3. The predicted molar refractivity (Wildman–Crippen MR) is 57.3 cm³/mol. The molecule has 0 N–H and O–H groups in total. The van der Waals surface area contributed by atoms with Gasteiger partial charge >= 0.3 is 6.18 Å². The smallest absolute Gasteiger partial charge is 0.328 e. The second-order valence-electron chi connectivity index (χ2n) is 5.59. The minimum Gasteiger partial charge on any atom is -0.328 e. The molecule has 0 radical (unpaired) electrons. The van der Waals surface area contributed by atoms with Gasteiger partial charge in [-0.15, -0.1) is 0 Å². The Morgan fingerprint density at radius 3 is 2.59 bits per heavy atom. The van der Waals surface area contributed by atoms with E-state index in [1.807, 2.05) is 13.8 Å². The molecule has 0 saturated carbocycles. The maximum absolute atomic E-state index is 13.3. The Kier molecular flexibility index (Phi) is 2.91. The third kappa shape index (κ3) is 1.83. The van der Waals surface area contributed by atoms with Gasteiger partial charge < -0.3 is 4.90 Å². The molecule has 17 heavy (non-hydrogen) atoms. The highest BCUT2D eigenvalue weighted by molar-refractivity contribution is 5.79. The average molecular weight is 249 g/mol. The lowest BCUT2D eigenvalue weighted by molar-refractivity contribution is -0.236. The summed E-state index contributed by atoms with van der Waals surface area (Å²) in [5.74, 6) is -0.329. The number of carbonyl (C=O) groups excluding carboxylic acids is 1. The van der Waals surface area contributed by atoms with E-state index >= 15 is 0 Å². The van der Waals surface area contributed by atoms with Crippen molar-refractivity contribution in [1.29, 1.82) is 0 Å². The monoisotopic (exact) mass is 249 g/mol. The van der Waals surface area contributed by atoms with Crippen LogP contribution >= 0.6 is 0 Å². The summed E-state index contributed by atoms with van der Waals surface area (Å²) in [7, 11) is 0. The van der Waals surface area contributed by atoms with Crippen LogP contribution in [0.2, 0.25) is 0 Å². The number of hydrogen-bond donors (Lipinski definition) is 0. The number of fused-ring (bicyclic) bond motifs is 1. The van der Waals surface area contributed by atoms with Gasteiger partial charge in [0, 0.05) is 13.0 Å². The zero-order chi connectivity index (χ0) is 12.8. The van der Waals surface area contributed by atoms with E-state index in [2.05, 4.69) is 0 Å². The number of amides is 1. The molecule has 98 valence electrons. The fourth-order valence-electron chi connectivity index (χ4n) is 3.18. The highest BCUT2D eigenvalue weighted by Crippen LogP contribution is 2.51. The predicted octanol–water partition coefficient (Wildman–Crippen LogP) is 2.98. The molecule has 0 aromatic rings. The SMILES string of the molecule is CC(C)[C@@H]1CC(=O)N2CCC[C@]2(C(F)(F)F)C1. The van der Waals surface area contributed by atoms with E-state index in [0.717, 1.165) is 4.90 Å². The molecule has 0 spiro atoms. The molecule has 1 amide bonds. The maximum atomic E-state index is 13.3. The van der Waals surface area contributed by atoms with Gasteiger partial charge in [-0.2, -0.15) is 13.2 Å². The molecule has 2 nitrogen and oxygen atoms in total. The number of piperidine rings is 1. The van der Waals surface area contributed by atoms with Crippen molar-refractivity contribution in [3.8, 4) is 0 Å². The number of carbonyl (C=O) groups is 1. The second-order valence-corrected chi connectivity index (χ2v) is 5.59. The van der Waals surface area contributed by atoms with Crippen molar-refractivity contribution in [3.63, 3.8) is 0 Å². The zero-order valence-corrected chi connectivity index (χ0v) is 10.2. The Labute approximate surface area is 99.2 Å². The van der Waals surface area contributed by atoms with E-state index in [-0.39, 0.29) is 43.6 Å². The fourth-order valence-corrected chi connectivity index (χ4v) is 3.18. The van der Waals surface area contributed by atoms with Crippen LogP contribution < -0.4 is 0 Å². The van der Waals surface area contributed by atoms with Crippen LogP contribution in [0.15, 0.2) is 0 Å².